The van der Waals surface area contributed by atoms with E-state index >= 15 is 0 Å². The highest BCUT2D eigenvalue weighted by Crippen LogP contribution is 2.27. The van der Waals surface area contributed by atoms with Crippen LogP contribution in [0.1, 0.15) is 19.4 Å². The molecule has 21 heavy (non-hydrogen) atoms. The Morgan fingerprint density at radius 2 is 1.95 bits per heavy atom. The van der Waals surface area contributed by atoms with Crippen molar-refractivity contribution in [3.05, 3.63) is 22.7 Å². The van der Waals surface area contributed by atoms with Gasteiger partial charge in [0.05, 0.1) is 21.0 Å². The number of amides is 1. The fraction of sp³-hybridized carbons (Fsp3) is 0.462. The summed E-state index contributed by atoms with van der Waals surface area (Å²) >= 11 is 5.92. The number of carbonyl (C=O) groups excluding carboxylic acids is 1. The van der Waals surface area contributed by atoms with Gasteiger partial charge < -0.3 is 11.1 Å². The van der Waals surface area contributed by atoms with Crippen LogP contribution in [0.2, 0.25) is 5.02 Å². The Hall–Kier alpha value is -1.31. The summed E-state index contributed by atoms with van der Waals surface area (Å²) in [5, 5.41) is 2.83. The van der Waals surface area contributed by atoms with Gasteiger partial charge in [-0.2, -0.15) is 0 Å². The van der Waals surface area contributed by atoms with Crippen molar-refractivity contribution in [2.45, 2.75) is 25.7 Å². The summed E-state index contributed by atoms with van der Waals surface area (Å²) in [6.07, 6.45) is 0. The van der Waals surface area contributed by atoms with Crippen molar-refractivity contribution < 1.29 is 13.2 Å². The Kier molecular flexibility index (Phi) is 5.25. The number of nitrogens with one attached hydrogen (secondary N) is 2. The zero-order valence-corrected chi connectivity index (χ0v) is 14.0. The molecule has 0 radical (unpaired) electrons. The van der Waals surface area contributed by atoms with Gasteiger partial charge in [-0.15, -0.1) is 0 Å². The average molecular weight is 334 g/mol. The molecule has 1 rings (SSSR count). The normalized spacial score (nSPS) is 12.2. The Labute approximate surface area is 130 Å². The van der Waals surface area contributed by atoms with E-state index in [0.717, 1.165) is 0 Å². The third-order valence-corrected chi connectivity index (χ3v) is 5.01. The number of halogens is 1. The molecule has 0 saturated carbocycles. The van der Waals surface area contributed by atoms with Crippen molar-refractivity contribution in [2.24, 2.45) is 5.41 Å². The van der Waals surface area contributed by atoms with Crippen LogP contribution in [0.4, 0.5) is 5.69 Å². The molecule has 0 bridgehead atoms. The second-order valence-electron chi connectivity index (χ2n) is 5.43. The Morgan fingerprint density at radius 3 is 2.43 bits per heavy atom. The number of nitrogens with two attached hydrogens (primary N) is 1. The van der Waals surface area contributed by atoms with Gasteiger partial charge in [0.1, 0.15) is 0 Å². The van der Waals surface area contributed by atoms with Crippen LogP contribution in [0.5, 0.6) is 0 Å². The summed E-state index contributed by atoms with van der Waals surface area (Å²) in [7, 11) is -2.26. The molecule has 0 spiro atoms. The molecule has 0 saturated heterocycles. The van der Waals surface area contributed by atoms with Gasteiger partial charge in [-0.05, 0) is 38.5 Å². The van der Waals surface area contributed by atoms with Crippen LogP contribution >= 0.6 is 11.6 Å². The predicted molar refractivity (Wildman–Crippen MR) is 83.6 cm³/mol. The lowest BCUT2D eigenvalue weighted by Crippen LogP contribution is -2.43. The van der Waals surface area contributed by atoms with E-state index in [-0.39, 0.29) is 23.0 Å². The topological polar surface area (TPSA) is 101 Å². The van der Waals surface area contributed by atoms with Crippen molar-refractivity contribution >= 4 is 33.2 Å². The third kappa shape index (κ3) is 4.09. The molecular formula is C13H20ClN3O3S. The van der Waals surface area contributed by atoms with Crippen LogP contribution in [0.25, 0.3) is 0 Å². The Morgan fingerprint density at radius 1 is 1.38 bits per heavy atom. The molecule has 0 atom stereocenters. The molecule has 6 nitrogen and oxygen atoms in total. The molecule has 1 amide bonds. The number of sulfonamides is 1. The zero-order chi connectivity index (χ0) is 16.4. The summed E-state index contributed by atoms with van der Waals surface area (Å²) in [6.45, 7) is 4.94. The molecule has 1 aromatic carbocycles. The lowest BCUT2D eigenvalue weighted by atomic mass is 9.93. The molecule has 0 fully saturated rings. The fourth-order valence-electron chi connectivity index (χ4n) is 1.70. The van der Waals surface area contributed by atoms with Crippen LogP contribution in [-0.4, -0.2) is 27.9 Å². The lowest BCUT2D eigenvalue weighted by molar-refractivity contribution is -0.128. The average Bonchev–Trinajstić information content (AvgIpc) is 2.41. The highest BCUT2D eigenvalue weighted by molar-refractivity contribution is 7.89. The van der Waals surface area contributed by atoms with Crippen molar-refractivity contribution in [3.63, 3.8) is 0 Å². The maximum Gasteiger partial charge on any atom is 0.240 e. The van der Waals surface area contributed by atoms with Gasteiger partial charge >= 0.3 is 0 Å². The van der Waals surface area contributed by atoms with E-state index in [0.29, 0.717) is 10.6 Å². The van der Waals surface area contributed by atoms with E-state index in [1.807, 2.05) is 0 Å². The summed E-state index contributed by atoms with van der Waals surface area (Å²) in [5.74, 6) is -0.253. The van der Waals surface area contributed by atoms with E-state index in [1.54, 1.807) is 20.8 Å². The van der Waals surface area contributed by atoms with E-state index in [2.05, 4.69) is 10.0 Å². The number of hydrogen-bond acceptors (Lipinski definition) is 4. The molecule has 0 aliphatic heterocycles. The maximum atomic E-state index is 12.3. The van der Waals surface area contributed by atoms with Crippen LogP contribution < -0.4 is 15.8 Å². The van der Waals surface area contributed by atoms with Gasteiger partial charge in [0, 0.05) is 13.6 Å². The highest BCUT2D eigenvalue weighted by Gasteiger charge is 2.29. The minimum absolute atomic E-state index is 0.0228. The van der Waals surface area contributed by atoms with Crippen molar-refractivity contribution in [2.75, 3.05) is 19.3 Å². The third-order valence-electron chi connectivity index (χ3n) is 3.11. The van der Waals surface area contributed by atoms with Crippen LogP contribution in [-0.2, 0) is 14.8 Å². The lowest BCUT2D eigenvalue weighted by Gasteiger charge is -2.22. The summed E-state index contributed by atoms with van der Waals surface area (Å²) in [6, 6.07) is 2.73. The molecule has 4 N–H and O–H groups in total. The first-order valence-corrected chi connectivity index (χ1v) is 8.15. The largest absolute Gasteiger partial charge is 0.397 e. The Balaban J connectivity index is 3.01. The molecule has 8 heteroatoms. The highest BCUT2D eigenvalue weighted by atomic mass is 35.5. The van der Waals surface area contributed by atoms with Gasteiger partial charge in [0.15, 0.2) is 0 Å². The number of anilines is 1. The van der Waals surface area contributed by atoms with Gasteiger partial charge in [-0.25, -0.2) is 13.1 Å². The summed E-state index contributed by atoms with van der Waals surface area (Å²) in [5.41, 5.74) is 5.58. The van der Waals surface area contributed by atoms with E-state index in [1.165, 1.54) is 19.2 Å². The number of benzene rings is 1. The number of hydrogen-bond donors (Lipinski definition) is 3. The number of nitrogen functional groups attached to an aromatic ring is 1. The van der Waals surface area contributed by atoms with E-state index < -0.39 is 15.4 Å². The van der Waals surface area contributed by atoms with Crippen molar-refractivity contribution in [1.29, 1.82) is 0 Å². The van der Waals surface area contributed by atoms with Crippen molar-refractivity contribution in [1.82, 2.24) is 10.0 Å². The number of carbonyl (C=O) groups is 1. The van der Waals surface area contributed by atoms with Crippen LogP contribution in [0, 0.1) is 12.3 Å². The maximum absolute atomic E-state index is 12.3. The molecule has 0 heterocycles. The smallest absolute Gasteiger partial charge is 0.240 e. The second kappa shape index (κ2) is 6.21. The van der Waals surface area contributed by atoms with Gasteiger partial charge in [-0.1, -0.05) is 11.6 Å². The monoisotopic (exact) mass is 333 g/mol. The zero-order valence-electron chi connectivity index (χ0n) is 12.5. The van der Waals surface area contributed by atoms with E-state index in [9.17, 15) is 13.2 Å². The number of rotatable bonds is 5. The Bertz CT molecular complexity index is 634. The molecule has 1 aromatic rings. The quantitative estimate of drug-likeness (QED) is 0.706. The SMILES string of the molecule is CNC(=O)C(C)(C)CNS(=O)(=O)c1cc(C)c(Cl)c(N)c1. The molecule has 0 aromatic heterocycles. The van der Waals surface area contributed by atoms with Crippen molar-refractivity contribution in [3.8, 4) is 0 Å². The minimum Gasteiger partial charge on any atom is -0.397 e. The fourth-order valence-corrected chi connectivity index (χ4v) is 3.14. The van der Waals surface area contributed by atoms with Crippen LogP contribution in [0.3, 0.4) is 0 Å². The first-order valence-electron chi connectivity index (χ1n) is 6.29. The molecule has 118 valence electrons. The number of aryl methyl sites for hydroxylation is 1. The minimum atomic E-state index is -3.77. The van der Waals surface area contributed by atoms with Gasteiger partial charge in [0.2, 0.25) is 15.9 Å². The predicted octanol–water partition coefficient (Wildman–Crippen LogP) is 1.28. The first kappa shape index (κ1) is 17.7. The molecule has 0 aliphatic carbocycles. The molecule has 0 aliphatic rings. The van der Waals surface area contributed by atoms with E-state index in [4.69, 9.17) is 17.3 Å². The van der Waals surface area contributed by atoms with Crippen LogP contribution in [0.15, 0.2) is 17.0 Å². The van der Waals surface area contributed by atoms with Gasteiger partial charge in [0.25, 0.3) is 0 Å². The molecule has 0 unspecified atom stereocenters. The second-order valence-corrected chi connectivity index (χ2v) is 7.58. The summed E-state index contributed by atoms with van der Waals surface area (Å²) in [4.78, 5) is 11.7. The molecular weight excluding hydrogens is 314 g/mol. The first-order chi connectivity index (χ1) is 9.51. The van der Waals surface area contributed by atoms with Gasteiger partial charge in [-0.3, -0.25) is 4.79 Å². The summed E-state index contributed by atoms with van der Waals surface area (Å²) < 4.78 is 26.9. The standard InChI is InChI=1S/C13H20ClN3O3S/c1-8-5-9(6-10(15)11(8)14)21(19,20)17-7-13(2,3)12(18)16-4/h5-6,17H,7,15H2,1-4H3,(H,16,18).